The van der Waals surface area contributed by atoms with Crippen LogP contribution in [-0.2, 0) is 0 Å². The lowest BCUT2D eigenvalue weighted by molar-refractivity contribution is 0.208. The number of hydrogen-bond acceptors (Lipinski definition) is 4. The number of carbonyl (C=O) groups excluding carboxylic acids is 1. The van der Waals surface area contributed by atoms with Crippen LogP contribution in [-0.4, -0.2) is 48.7 Å². The number of carbonyl (C=O) groups is 1. The zero-order valence-electron chi connectivity index (χ0n) is 13.8. The first-order valence-corrected chi connectivity index (χ1v) is 8.21. The van der Waals surface area contributed by atoms with Crippen LogP contribution in [0.2, 0.25) is 0 Å². The number of nitrogens with one attached hydrogen (secondary N) is 1. The number of hydrogen-bond donors (Lipinski definition) is 1. The van der Waals surface area contributed by atoms with Crippen LogP contribution in [0.4, 0.5) is 16.3 Å². The third-order valence-electron chi connectivity index (χ3n) is 3.97. The standard InChI is InChI=1S/C18H22N4O2/c1-2-24-16-8-4-3-7-15(16)20-18(23)22-13-11-21(12-14-22)17-9-5-6-10-19-17/h3-10H,2,11-14H2,1H3,(H,20,23). The second kappa shape index (κ2) is 7.68. The number of urea groups is 1. The highest BCUT2D eigenvalue weighted by molar-refractivity contribution is 5.91. The van der Waals surface area contributed by atoms with Gasteiger partial charge in [-0.1, -0.05) is 18.2 Å². The molecule has 0 aliphatic carbocycles. The molecule has 6 nitrogen and oxygen atoms in total. The summed E-state index contributed by atoms with van der Waals surface area (Å²) in [7, 11) is 0. The minimum Gasteiger partial charge on any atom is -0.492 e. The predicted octanol–water partition coefficient (Wildman–Crippen LogP) is 2.83. The van der Waals surface area contributed by atoms with Crippen molar-refractivity contribution >= 4 is 17.5 Å². The highest BCUT2D eigenvalue weighted by Crippen LogP contribution is 2.24. The summed E-state index contributed by atoms with van der Waals surface area (Å²) in [6, 6.07) is 13.3. The molecule has 0 unspecified atom stereocenters. The first kappa shape index (κ1) is 16.1. The van der Waals surface area contributed by atoms with Gasteiger partial charge in [0.15, 0.2) is 0 Å². The van der Waals surface area contributed by atoms with E-state index in [4.69, 9.17) is 4.74 Å². The second-order valence-corrected chi connectivity index (χ2v) is 5.52. The fourth-order valence-electron chi connectivity index (χ4n) is 2.72. The largest absolute Gasteiger partial charge is 0.492 e. The second-order valence-electron chi connectivity index (χ2n) is 5.52. The zero-order chi connectivity index (χ0) is 16.8. The smallest absolute Gasteiger partial charge is 0.322 e. The highest BCUT2D eigenvalue weighted by Gasteiger charge is 2.22. The van der Waals surface area contributed by atoms with Gasteiger partial charge in [-0.15, -0.1) is 0 Å². The van der Waals surface area contributed by atoms with E-state index in [0.717, 1.165) is 18.9 Å². The molecule has 24 heavy (non-hydrogen) atoms. The molecule has 1 saturated heterocycles. The normalized spacial score (nSPS) is 14.4. The molecular weight excluding hydrogens is 304 g/mol. The molecule has 1 aliphatic rings. The zero-order valence-corrected chi connectivity index (χ0v) is 13.8. The van der Waals surface area contributed by atoms with Gasteiger partial charge in [-0.05, 0) is 31.2 Å². The molecule has 0 radical (unpaired) electrons. The third-order valence-corrected chi connectivity index (χ3v) is 3.97. The number of rotatable bonds is 4. The van der Waals surface area contributed by atoms with Crippen molar-refractivity contribution in [3.05, 3.63) is 48.7 Å². The molecule has 0 atom stereocenters. The first-order valence-electron chi connectivity index (χ1n) is 8.21. The van der Waals surface area contributed by atoms with E-state index in [-0.39, 0.29) is 6.03 Å². The van der Waals surface area contributed by atoms with Gasteiger partial charge >= 0.3 is 6.03 Å². The SMILES string of the molecule is CCOc1ccccc1NC(=O)N1CCN(c2ccccn2)CC1. The number of piperazine rings is 1. The van der Waals surface area contributed by atoms with E-state index in [1.165, 1.54) is 0 Å². The van der Waals surface area contributed by atoms with E-state index < -0.39 is 0 Å². The fourth-order valence-corrected chi connectivity index (χ4v) is 2.72. The molecular formula is C18H22N4O2. The summed E-state index contributed by atoms with van der Waals surface area (Å²) in [5.41, 5.74) is 0.705. The van der Waals surface area contributed by atoms with Crippen LogP contribution in [0.15, 0.2) is 48.7 Å². The van der Waals surface area contributed by atoms with E-state index in [9.17, 15) is 4.79 Å². The molecule has 0 bridgehead atoms. The van der Waals surface area contributed by atoms with Gasteiger partial charge in [0.25, 0.3) is 0 Å². The van der Waals surface area contributed by atoms with Crippen molar-refractivity contribution in [3.8, 4) is 5.75 Å². The van der Waals surface area contributed by atoms with Gasteiger partial charge in [-0.2, -0.15) is 0 Å². The van der Waals surface area contributed by atoms with Crippen LogP contribution >= 0.6 is 0 Å². The van der Waals surface area contributed by atoms with Crippen LogP contribution in [0.3, 0.4) is 0 Å². The molecule has 1 aromatic heterocycles. The van der Waals surface area contributed by atoms with Crippen molar-refractivity contribution in [3.63, 3.8) is 0 Å². The van der Waals surface area contributed by atoms with Gasteiger partial charge in [0.05, 0.1) is 12.3 Å². The van der Waals surface area contributed by atoms with Crippen molar-refractivity contribution in [2.45, 2.75) is 6.92 Å². The lowest BCUT2D eigenvalue weighted by Crippen LogP contribution is -2.50. The number of pyridine rings is 1. The van der Waals surface area contributed by atoms with Gasteiger partial charge in [-0.3, -0.25) is 0 Å². The Labute approximate surface area is 142 Å². The Balaban J connectivity index is 1.58. The summed E-state index contributed by atoms with van der Waals surface area (Å²) in [6.45, 7) is 5.37. The Hall–Kier alpha value is -2.76. The maximum absolute atomic E-state index is 12.5. The molecule has 2 amide bonds. The molecule has 2 heterocycles. The molecule has 0 spiro atoms. The Kier molecular flexibility index (Phi) is 5.15. The molecule has 1 aromatic carbocycles. The molecule has 6 heteroatoms. The third kappa shape index (κ3) is 3.76. The van der Waals surface area contributed by atoms with Crippen molar-refractivity contribution < 1.29 is 9.53 Å². The van der Waals surface area contributed by atoms with Gasteiger partial charge in [-0.25, -0.2) is 9.78 Å². The van der Waals surface area contributed by atoms with Crippen LogP contribution in [0.1, 0.15) is 6.92 Å². The van der Waals surface area contributed by atoms with Crippen LogP contribution in [0, 0.1) is 0 Å². The predicted molar refractivity (Wildman–Crippen MR) is 94.7 cm³/mol. The van der Waals surface area contributed by atoms with Crippen LogP contribution in [0.25, 0.3) is 0 Å². The minimum absolute atomic E-state index is 0.0946. The molecule has 1 aliphatic heterocycles. The summed E-state index contributed by atoms with van der Waals surface area (Å²) >= 11 is 0. The van der Waals surface area contributed by atoms with Crippen molar-refractivity contribution in [2.75, 3.05) is 43.0 Å². The molecule has 2 aromatic rings. The average molecular weight is 326 g/mol. The van der Waals surface area contributed by atoms with Crippen molar-refractivity contribution in [1.82, 2.24) is 9.88 Å². The Morgan fingerprint density at radius 3 is 2.58 bits per heavy atom. The monoisotopic (exact) mass is 326 g/mol. The van der Waals surface area contributed by atoms with Gasteiger partial charge in [0.2, 0.25) is 0 Å². The minimum atomic E-state index is -0.0946. The van der Waals surface area contributed by atoms with E-state index in [0.29, 0.717) is 31.1 Å². The maximum atomic E-state index is 12.5. The fraction of sp³-hybridized carbons (Fsp3) is 0.333. The van der Waals surface area contributed by atoms with E-state index in [2.05, 4.69) is 15.2 Å². The number of para-hydroxylation sites is 2. The van der Waals surface area contributed by atoms with Crippen molar-refractivity contribution in [1.29, 1.82) is 0 Å². The molecule has 1 fully saturated rings. The average Bonchev–Trinajstić information content (AvgIpc) is 2.64. The first-order chi connectivity index (χ1) is 11.8. The number of aromatic nitrogens is 1. The quantitative estimate of drug-likeness (QED) is 0.939. The molecule has 0 saturated carbocycles. The van der Waals surface area contributed by atoms with E-state index in [1.54, 1.807) is 6.20 Å². The lowest BCUT2D eigenvalue weighted by atomic mass is 10.3. The van der Waals surface area contributed by atoms with Crippen LogP contribution < -0.4 is 15.0 Å². The maximum Gasteiger partial charge on any atom is 0.322 e. The Morgan fingerprint density at radius 2 is 1.88 bits per heavy atom. The highest BCUT2D eigenvalue weighted by atomic mass is 16.5. The Morgan fingerprint density at radius 1 is 1.12 bits per heavy atom. The number of nitrogens with zero attached hydrogens (tertiary/aromatic N) is 3. The van der Waals surface area contributed by atoms with Crippen molar-refractivity contribution in [2.24, 2.45) is 0 Å². The number of anilines is 2. The van der Waals surface area contributed by atoms with Gasteiger partial charge in [0.1, 0.15) is 11.6 Å². The molecule has 3 rings (SSSR count). The summed E-state index contributed by atoms with van der Waals surface area (Å²) in [5.74, 6) is 1.65. The molecule has 126 valence electrons. The number of ether oxygens (including phenoxy) is 1. The number of amides is 2. The van der Waals surface area contributed by atoms with Gasteiger partial charge < -0.3 is 19.9 Å². The Bertz CT molecular complexity index is 670. The van der Waals surface area contributed by atoms with E-state index in [1.807, 2.05) is 54.3 Å². The molecule has 1 N–H and O–H groups in total. The summed E-state index contributed by atoms with van der Waals surface area (Å²) < 4.78 is 5.55. The number of benzene rings is 1. The summed E-state index contributed by atoms with van der Waals surface area (Å²) in [6.07, 6.45) is 1.79. The van der Waals surface area contributed by atoms with Gasteiger partial charge in [0, 0.05) is 32.4 Å². The topological polar surface area (TPSA) is 57.7 Å². The lowest BCUT2D eigenvalue weighted by Gasteiger charge is -2.35. The summed E-state index contributed by atoms with van der Waals surface area (Å²) in [4.78, 5) is 20.9. The van der Waals surface area contributed by atoms with E-state index >= 15 is 0 Å². The summed E-state index contributed by atoms with van der Waals surface area (Å²) in [5, 5.41) is 2.95. The van der Waals surface area contributed by atoms with Crippen LogP contribution in [0.5, 0.6) is 5.75 Å².